The van der Waals surface area contributed by atoms with E-state index in [1.807, 2.05) is 11.9 Å². The summed E-state index contributed by atoms with van der Waals surface area (Å²) in [5.41, 5.74) is 6.17. The second kappa shape index (κ2) is 5.75. The van der Waals surface area contributed by atoms with Crippen LogP contribution in [0.25, 0.3) is 0 Å². The van der Waals surface area contributed by atoms with E-state index in [0.717, 1.165) is 0 Å². The van der Waals surface area contributed by atoms with Gasteiger partial charge in [-0.1, -0.05) is 17.7 Å². The summed E-state index contributed by atoms with van der Waals surface area (Å²) in [4.78, 5) is 14.0. The average Bonchev–Trinajstić information content (AvgIpc) is 3.21. The van der Waals surface area contributed by atoms with Gasteiger partial charge in [0.15, 0.2) is 0 Å². The summed E-state index contributed by atoms with van der Waals surface area (Å²) in [5, 5.41) is 4.31. The summed E-state index contributed by atoms with van der Waals surface area (Å²) in [6.45, 7) is 4.49. The van der Waals surface area contributed by atoms with Crippen molar-refractivity contribution in [2.75, 3.05) is 18.5 Å². The van der Waals surface area contributed by atoms with Crippen LogP contribution in [0.3, 0.4) is 0 Å². The van der Waals surface area contributed by atoms with Gasteiger partial charge in [0.1, 0.15) is 5.02 Å². The van der Waals surface area contributed by atoms with Gasteiger partial charge >= 0.3 is 0 Å². The molecule has 6 heteroatoms. The van der Waals surface area contributed by atoms with Crippen LogP contribution in [0.4, 0.5) is 5.69 Å². The Hall–Kier alpha value is -1.33. The molecule has 1 heterocycles. The Kier molecular flexibility index (Phi) is 4.27. The van der Waals surface area contributed by atoms with Crippen LogP contribution in [0.5, 0.6) is 0 Å². The van der Waals surface area contributed by atoms with Crippen LogP contribution in [-0.4, -0.2) is 29.4 Å². The fourth-order valence-electron chi connectivity index (χ4n) is 2.28. The lowest BCUT2D eigenvalue weighted by molar-refractivity contribution is 0.565. The zero-order valence-electron chi connectivity index (χ0n) is 11.1. The van der Waals surface area contributed by atoms with Gasteiger partial charge in [-0.2, -0.15) is 5.10 Å². The lowest BCUT2D eigenvalue weighted by Gasteiger charge is -2.29. The Morgan fingerprint density at radius 2 is 2.42 bits per heavy atom. The lowest BCUT2D eigenvalue weighted by Crippen LogP contribution is -2.41. The fourth-order valence-corrected chi connectivity index (χ4v) is 2.56. The zero-order valence-corrected chi connectivity index (χ0v) is 11.8. The molecule has 1 aliphatic carbocycles. The highest BCUT2D eigenvalue weighted by molar-refractivity contribution is 6.33. The predicted molar refractivity (Wildman–Crippen MR) is 77.7 cm³/mol. The fraction of sp³-hybridized carbons (Fsp3) is 0.538. The van der Waals surface area contributed by atoms with Crippen LogP contribution in [0.15, 0.2) is 23.6 Å². The number of hydrogen-bond donors (Lipinski definition) is 1. The van der Waals surface area contributed by atoms with Crippen LogP contribution in [-0.2, 0) is 6.54 Å². The molecule has 0 radical (unpaired) electrons. The highest BCUT2D eigenvalue weighted by atomic mass is 35.5. The molecule has 0 saturated heterocycles. The smallest absolute Gasteiger partial charge is 0.287 e. The van der Waals surface area contributed by atoms with E-state index in [0.29, 0.717) is 24.7 Å². The molecule has 1 atom stereocenters. The minimum Gasteiger partial charge on any atom is -0.367 e. The molecule has 0 spiro atoms. The minimum absolute atomic E-state index is 0.193. The average molecular weight is 283 g/mol. The van der Waals surface area contributed by atoms with Crippen LogP contribution in [0.1, 0.15) is 12.8 Å². The summed E-state index contributed by atoms with van der Waals surface area (Å²) in [5.74, 6) is 0.599. The normalized spacial score (nSPS) is 16.2. The number of nitrogens with two attached hydrogens (primary N) is 1. The molecule has 2 N–H and O–H groups in total. The topological polar surface area (TPSA) is 64.2 Å². The standard InChI is InChI=1S/C13H19ClN4O/c1-3-6-18-13(19)12(14)11(8-16-18)17(2)10(7-15)9-4-5-9/h3,8-10H,1,4-7,15H2,2H3. The Morgan fingerprint density at radius 1 is 1.74 bits per heavy atom. The zero-order chi connectivity index (χ0) is 14.0. The lowest BCUT2D eigenvalue weighted by atomic mass is 10.1. The highest BCUT2D eigenvalue weighted by Crippen LogP contribution is 2.36. The van der Waals surface area contributed by atoms with E-state index in [4.69, 9.17) is 17.3 Å². The Labute approximate surface area is 117 Å². The third kappa shape index (κ3) is 2.82. The Balaban J connectivity index is 2.31. The summed E-state index contributed by atoms with van der Waals surface area (Å²) >= 11 is 6.17. The summed E-state index contributed by atoms with van der Waals surface area (Å²) in [7, 11) is 1.91. The number of halogens is 1. The first-order chi connectivity index (χ1) is 9.10. The predicted octanol–water partition coefficient (Wildman–Crippen LogP) is 1.26. The van der Waals surface area contributed by atoms with Gasteiger partial charge in [0.05, 0.1) is 18.4 Å². The number of nitrogens with zero attached hydrogens (tertiary/aromatic N) is 3. The summed E-state index contributed by atoms with van der Waals surface area (Å²) in [6, 6.07) is 0.217. The molecule has 5 nitrogen and oxygen atoms in total. The van der Waals surface area contributed by atoms with E-state index < -0.39 is 0 Å². The van der Waals surface area contributed by atoms with Gasteiger partial charge in [-0.05, 0) is 18.8 Å². The molecule has 1 aromatic rings. The van der Waals surface area contributed by atoms with Gasteiger partial charge in [-0.3, -0.25) is 4.79 Å². The maximum Gasteiger partial charge on any atom is 0.287 e. The number of rotatable bonds is 6. The van der Waals surface area contributed by atoms with Gasteiger partial charge in [0.25, 0.3) is 5.56 Å². The molecule has 1 aromatic heterocycles. The maximum absolute atomic E-state index is 12.0. The van der Waals surface area contributed by atoms with Crippen LogP contribution >= 0.6 is 11.6 Å². The van der Waals surface area contributed by atoms with Crippen molar-refractivity contribution in [1.29, 1.82) is 0 Å². The van der Waals surface area contributed by atoms with Gasteiger partial charge in [0, 0.05) is 19.6 Å². The minimum atomic E-state index is -0.294. The van der Waals surface area contributed by atoms with E-state index in [2.05, 4.69) is 11.7 Å². The SMILES string of the molecule is C=CCn1ncc(N(C)C(CN)C2CC2)c(Cl)c1=O. The van der Waals surface area contributed by atoms with Gasteiger partial charge in [-0.15, -0.1) is 6.58 Å². The molecule has 19 heavy (non-hydrogen) atoms. The molecule has 104 valence electrons. The van der Waals surface area contributed by atoms with Crippen molar-refractivity contribution in [1.82, 2.24) is 9.78 Å². The molecular weight excluding hydrogens is 264 g/mol. The van der Waals surface area contributed by atoms with Crippen molar-refractivity contribution in [2.45, 2.75) is 25.4 Å². The number of anilines is 1. The van der Waals surface area contributed by atoms with Crippen molar-refractivity contribution in [2.24, 2.45) is 11.7 Å². The molecule has 1 saturated carbocycles. The molecular formula is C13H19ClN4O. The molecule has 1 fully saturated rings. The molecule has 1 aliphatic rings. The first-order valence-electron chi connectivity index (χ1n) is 6.39. The highest BCUT2D eigenvalue weighted by Gasteiger charge is 2.34. The van der Waals surface area contributed by atoms with Gasteiger partial charge < -0.3 is 10.6 Å². The van der Waals surface area contributed by atoms with Crippen molar-refractivity contribution < 1.29 is 0 Å². The summed E-state index contributed by atoms with van der Waals surface area (Å²) < 4.78 is 1.29. The molecule has 0 amide bonds. The third-order valence-electron chi connectivity index (χ3n) is 3.55. The van der Waals surface area contributed by atoms with Crippen LogP contribution in [0, 0.1) is 5.92 Å². The van der Waals surface area contributed by atoms with Crippen molar-refractivity contribution in [3.8, 4) is 0 Å². The second-order valence-corrected chi connectivity index (χ2v) is 5.25. The quantitative estimate of drug-likeness (QED) is 0.798. The molecule has 0 aromatic carbocycles. The first kappa shape index (κ1) is 14.1. The molecule has 0 aliphatic heterocycles. The number of likely N-dealkylation sites (N-methyl/N-ethyl adjacent to an activating group) is 1. The van der Waals surface area contributed by atoms with E-state index in [9.17, 15) is 4.79 Å². The van der Waals surface area contributed by atoms with Crippen LogP contribution < -0.4 is 16.2 Å². The molecule has 0 bridgehead atoms. The van der Waals surface area contributed by atoms with E-state index in [1.54, 1.807) is 12.3 Å². The number of hydrogen-bond acceptors (Lipinski definition) is 4. The number of aromatic nitrogens is 2. The van der Waals surface area contributed by atoms with Crippen LogP contribution in [0.2, 0.25) is 5.02 Å². The van der Waals surface area contributed by atoms with Crippen molar-refractivity contribution in [3.05, 3.63) is 34.2 Å². The van der Waals surface area contributed by atoms with E-state index in [-0.39, 0.29) is 16.6 Å². The maximum atomic E-state index is 12.0. The van der Waals surface area contributed by atoms with Gasteiger partial charge in [-0.25, -0.2) is 4.68 Å². The molecule has 1 unspecified atom stereocenters. The summed E-state index contributed by atoms with van der Waals surface area (Å²) in [6.07, 6.45) is 5.61. The largest absolute Gasteiger partial charge is 0.367 e. The third-order valence-corrected chi connectivity index (χ3v) is 3.91. The Bertz CT molecular complexity index is 524. The first-order valence-corrected chi connectivity index (χ1v) is 6.77. The van der Waals surface area contributed by atoms with E-state index >= 15 is 0 Å². The van der Waals surface area contributed by atoms with E-state index in [1.165, 1.54) is 17.5 Å². The van der Waals surface area contributed by atoms with Crippen molar-refractivity contribution in [3.63, 3.8) is 0 Å². The van der Waals surface area contributed by atoms with Crippen molar-refractivity contribution >= 4 is 17.3 Å². The molecule has 2 rings (SSSR count). The number of allylic oxidation sites excluding steroid dienone is 1. The monoisotopic (exact) mass is 282 g/mol. The Morgan fingerprint density at radius 3 is 2.95 bits per heavy atom. The van der Waals surface area contributed by atoms with Gasteiger partial charge in [0.2, 0.25) is 0 Å². The second-order valence-electron chi connectivity index (χ2n) is 4.87.